The van der Waals surface area contributed by atoms with Crippen molar-refractivity contribution in [1.29, 1.82) is 0 Å². The van der Waals surface area contributed by atoms with Gasteiger partial charge < -0.3 is 9.84 Å². The van der Waals surface area contributed by atoms with Crippen LogP contribution in [0.15, 0.2) is 0 Å². The Bertz CT molecular complexity index is 388. The number of rotatable bonds is 1. The second-order valence-corrected chi connectivity index (χ2v) is 6.93. The molecule has 3 atom stereocenters. The van der Waals surface area contributed by atoms with Crippen LogP contribution < -0.4 is 0 Å². The number of fused-ring (bicyclic) bond motifs is 1. The molecule has 1 N–H and O–H groups in total. The first-order valence-electron chi connectivity index (χ1n) is 7.54. The highest BCUT2D eigenvalue weighted by molar-refractivity contribution is 5.80. The fourth-order valence-electron chi connectivity index (χ4n) is 3.45. The summed E-state index contributed by atoms with van der Waals surface area (Å²) in [5, 5.41) is 9.40. The largest absolute Gasteiger partial charge is 0.480 e. The smallest absolute Gasteiger partial charge is 0.411 e. The van der Waals surface area contributed by atoms with Gasteiger partial charge in [0.25, 0.3) is 0 Å². The van der Waals surface area contributed by atoms with E-state index in [1.807, 2.05) is 20.8 Å². The van der Waals surface area contributed by atoms with Crippen molar-refractivity contribution < 1.29 is 19.4 Å². The lowest BCUT2D eigenvalue weighted by molar-refractivity contribution is -0.147. The van der Waals surface area contributed by atoms with E-state index in [9.17, 15) is 14.7 Å². The summed E-state index contributed by atoms with van der Waals surface area (Å²) in [6, 6.07) is -0.697. The van der Waals surface area contributed by atoms with Crippen molar-refractivity contribution in [2.45, 2.75) is 77.0 Å². The Balaban J connectivity index is 2.20. The maximum atomic E-state index is 12.4. The van der Waals surface area contributed by atoms with Crippen molar-refractivity contribution >= 4 is 12.1 Å². The molecule has 1 heterocycles. The number of carboxylic acids is 1. The molecule has 0 unspecified atom stereocenters. The zero-order valence-corrected chi connectivity index (χ0v) is 12.6. The van der Waals surface area contributed by atoms with E-state index < -0.39 is 23.7 Å². The van der Waals surface area contributed by atoms with Gasteiger partial charge in [-0.2, -0.15) is 0 Å². The SMILES string of the molecule is CC(C)(C)OC(=O)N1[C@H](C(=O)O)CC[C@@H]2CCCC[C@@H]21. The quantitative estimate of drug-likeness (QED) is 0.803. The van der Waals surface area contributed by atoms with Gasteiger partial charge in [0.1, 0.15) is 11.6 Å². The third-order valence-corrected chi connectivity index (χ3v) is 4.26. The third-order valence-electron chi connectivity index (χ3n) is 4.26. The second kappa shape index (κ2) is 5.62. The van der Waals surface area contributed by atoms with Gasteiger partial charge in [-0.3, -0.25) is 4.90 Å². The minimum atomic E-state index is -0.917. The molecule has 0 radical (unpaired) electrons. The molecule has 0 spiro atoms. The Morgan fingerprint density at radius 1 is 1.10 bits per heavy atom. The highest BCUT2D eigenvalue weighted by Gasteiger charge is 2.45. The molecule has 1 aliphatic carbocycles. The molecule has 5 nitrogen and oxygen atoms in total. The molecule has 2 aliphatic rings. The molecule has 1 aliphatic heterocycles. The van der Waals surface area contributed by atoms with Crippen molar-refractivity contribution in [2.75, 3.05) is 0 Å². The monoisotopic (exact) mass is 283 g/mol. The number of ether oxygens (including phenoxy) is 1. The lowest BCUT2D eigenvalue weighted by Gasteiger charge is -2.46. The molecule has 0 aromatic heterocycles. The highest BCUT2D eigenvalue weighted by Crippen LogP contribution is 2.38. The van der Waals surface area contributed by atoms with Crippen molar-refractivity contribution in [3.8, 4) is 0 Å². The standard InChI is InChI=1S/C15H25NO4/c1-15(2,3)20-14(19)16-11-7-5-4-6-10(11)8-9-12(16)13(17)18/h10-12H,4-9H2,1-3H3,(H,17,18)/t10-,11-,12-/m0/s1. The number of piperidine rings is 1. The number of amides is 1. The van der Waals surface area contributed by atoms with Gasteiger partial charge in [-0.15, -0.1) is 0 Å². The molecule has 1 saturated carbocycles. The molecular formula is C15H25NO4. The molecule has 2 fully saturated rings. The van der Waals surface area contributed by atoms with Gasteiger partial charge in [0.05, 0.1) is 0 Å². The minimum Gasteiger partial charge on any atom is -0.480 e. The molecule has 114 valence electrons. The van der Waals surface area contributed by atoms with E-state index in [1.165, 1.54) is 11.3 Å². The lowest BCUT2D eigenvalue weighted by Crippen LogP contribution is -2.58. The van der Waals surface area contributed by atoms with Gasteiger partial charge in [-0.25, -0.2) is 9.59 Å². The van der Waals surface area contributed by atoms with E-state index in [0.717, 1.165) is 25.7 Å². The van der Waals surface area contributed by atoms with Crippen molar-refractivity contribution in [2.24, 2.45) is 5.92 Å². The van der Waals surface area contributed by atoms with E-state index in [2.05, 4.69) is 0 Å². The second-order valence-electron chi connectivity index (χ2n) is 6.93. The van der Waals surface area contributed by atoms with Gasteiger partial charge in [0.2, 0.25) is 0 Å². The summed E-state index contributed by atoms with van der Waals surface area (Å²) < 4.78 is 5.43. The number of aliphatic carboxylic acids is 1. The fourth-order valence-corrected chi connectivity index (χ4v) is 3.45. The van der Waals surface area contributed by atoms with Crippen molar-refractivity contribution in [1.82, 2.24) is 4.90 Å². The average Bonchev–Trinajstić information content (AvgIpc) is 2.35. The number of carboxylic acid groups (broad SMARTS) is 1. The molecular weight excluding hydrogens is 258 g/mol. The first-order chi connectivity index (χ1) is 9.29. The fraction of sp³-hybridized carbons (Fsp3) is 0.867. The zero-order chi connectivity index (χ0) is 14.9. The third kappa shape index (κ3) is 3.25. The number of likely N-dealkylation sites (tertiary alicyclic amines) is 1. The first kappa shape index (κ1) is 15.1. The maximum absolute atomic E-state index is 12.4. The van der Waals surface area contributed by atoms with Crippen LogP contribution in [0.1, 0.15) is 59.3 Å². The van der Waals surface area contributed by atoms with Gasteiger partial charge in [-0.05, 0) is 52.4 Å². The number of hydrogen-bond donors (Lipinski definition) is 1. The van der Waals surface area contributed by atoms with E-state index in [0.29, 0.717) is 12.3 Å². The van der Waals surface area contributed by atoms with Crippen LogP contribution in [0.5, 0.6) is 0 Å². The summed E-state index contributed by atoms with van der Waals surface area (Å²) in [5.74, 6) is -0.480. The van der Waals surface area contributed by atoms with Crippen LogP contribution >= 0.6 is 0 Å². The average molecular weight is 283 g/mol. The van der Waals surface area contributed by atoms with Crippen molar-refractivity contribution in [3.63, 3.8) is 0 Å². The van der Waals surface area contributed by atoms with E-state index in [1.54, 1.807) is 0 Å². The summed E-state index contributed by atoms with van der Waals surface area (Å²) in [6.07, 6.45) is 5.20. The van der Waals surface area contributed by atoms with Crippen LogP contribution in [0, 0.1) is 5.92 Å². The number of nitrogens with zero attached hydrogens (tertiary/aromatic N) is 1. The van der Waals surface area contributed by atoms with Crippen LogP contribution in [0.4, 0.5) is 4.79 Å². The van der Waals surface area contributed by atoms with E-state index >= 15 is 0 Å². The molecule has 2 rings (SSSR count). The predicted octanol–water partition coefficient (Wildman–Crippen LogP) is 3.03. The maximum Gasteiger partial charge on any atom is 0.411 e. The number of carbonyl (C=O) groups excluding carboxylic acids is 1. The molecule has 0 bridgehead atoms. The molecule has 1 saturated heterocycles. The molecule has 1 amide bonds. The summed E-state index contributed by atoms with van der Waals surface area (Å²) >= 11 is 0. The Hall–Kier alpha value is -1.26. The Morgan fingerprint density at radius 3 is 2.35 bits per heavy atom. The van der Waals surface area contributed by atoms with Gasteiger partial charge in [0.15, 0.2) is 0 Å². The molecule has 0 aromatic carbocycles. The van der Waals surface area contributed by atoms with Crippen LogP contribution in [-0.4, -0.2) is 39.8 Å². The highest BCUT2D eigenvalue weighted by atomic mass is 16.6. The molecule has 20 heavy (non-hydrogen) atoms. The minimum absolute atomic E-state index is 0.0356. The van der Waals surface area contributed by atoms with Crippen molar-refractivity contribution in [3.05, 3.63) is 0 Å². The topological polar surface area (TPSA) is 66.8 Å². The van der Waals surface area contributed by atoms with Crippen LogP contribution in [0.2, 0.25) is 0 Å². The molecule has 5 heteroatoms. The summed E-state index contributed by atoms with van der Waals surface area (Å²) in [5.41, 5.74) is -0.595. The van der Waals surface area contributed by atoms with Gasteiger partial charge in [-0.1, -0.05) is 12.8 Å². The summed E-state index contributed by atoms with van der Waals surface area (Å²) in [6.45, 7) is 5.43. The Kier molecular flexibility index (Phi) is 4.25. The summed E-state index contributed by atoms with van der Waals surface area (Å²) in [7, 11) is 0. The first-order valence-corrected chi connectivity index (χ1v) is 7.54. The van der Waals surface area contributed by atoms with E-state index in [4.69, 9.17) is 4.74 Å². The Labute approximate surface area is 120 Å². The Morgan fingerprint density at radius 2 is 1.75 bits per heavy atom. The summed E-state index contributed by atoms with van der Waals surface area (Å²) in [4.78, 5) is 25.4. The molecule has 0 aromatic rings. The van der Waals surface area contributed by atoms with E-state index in [-0.39, 0.29) is 6.04 Å². The number of carbonyl (C=O) groups is 2. The lowest BCUT2D eigenvalue weighted by atomic mass is 9.76. The van der Waals surface area contributed by atoms with Crippen LogP contribution in [-0.2, 0) is 9.53 Å². The van der Waals surface area contributed by atoms with Crippen LogP contribution in [0.3, 0.4) is 0 Å². The predicted molar refractivity (Wildman–Crippen MR) is 74.5 cm³/mol. The number of hydrogen-bond acceptors (Lipinski definition) is 3. The van der Waals surface area contributed by atoms with Gasteiger partial charge in [0, 0.05) is 6.04 Å². The van der Waals surface area contributed by atoms with Gasteiger partial charge >= 0.3 is 12.1 Å². The van der Waals surface area contributed by atoms with Crippen LogP contribution in [0.25, 0.3) is 0 Å². The zero-order valence-electron chi connectivity index (χ0n) is 12.6. The normalized spacial score (nSPS) is 30.6.